The summed E-state index contributed by atoms with van der Waals surface area (Å²) in [6.45, 7) is 0. The first-order valence-electron chi connectivity index (χ1n) is 7.21. The highest BCUT2D eigenvalue weighted by molar-refractivity contribution is 9.10. The van der Waals surface area contributed by atoms with Gasteiger partial charge in [0.25, 0.3) is 5.91 Å². The van der Waals surface area contributed by atoms with Gasteiger partial charge < -0.3 is 5.32 Å². The fourth-order valence-electron chi connectivity index (χ4n) is 2.34. The summed E-state index contributed by atoms with van der Waals surface area (Å²) in [5.41, 5.74) is 2.57. The van der Waals surface area contributed by atoms with E-state index in [1.165, 1.54) is 11.3 Å². The summed E-state index contributed by atoms with van der Waals surface area (Å²) in [6.07, 6.45) is 0. The maximum atomic E-state index is 12.4. The summed E-state index contributed by atoms with van der Waals surface area (Å²) in [7, 11) is 0. The van der Waals surface area contributed by atoms with Gasteiger partial charge in [0.15, 0.2) is 0 Å². The number of fused-ring (bicyclic) bond motifs is 1. The van der Waals surface area contributed by atoms with Crippen molar-refractivity contribution in [1.82, 2.24) is 4.98 Å². The Morgan fingerprint density at radius 1 is 1.04 bits per heavy atom. The molecule has 0 aliphatic carbocycles. The molecule has 2 heterocycles. The minimum Gasteiger partial charge on any atom is -0.313 e. The van der Waals surface area contributed by atoms with Crippen LogP contribution in [-0.4, -0.2) is 10.9 Å². The van der Waals surface area contributed by atoms with Crippen molar-refractivity contribution < 1.29 is 4.79 Å². The number of aromatic nitrogens is 1. The highest BCUT2D eigenvalue weighted by atomic mass is 79.9. The number of thiazole rings is 1. The first kappa shape index (κ1) is 15.5. The van der Waals surface area contributed by atoms with Gasteiger partial charge in [-0.15, -0.1) is 22.7 Å². The second kappa shape index (κ2) is 6.47. The first-order chi connectivity index (χ1) is 11.7. The number of carbonyl (C=O) groups is 1. The van der Waals surface area contributed by atoms with Crippen LogP contribution >= 0.6 is 38.6 Å². The molecule has 1 N–H and O–H groups in total. The van der Waals surface area contributed by atoms with E-state index in [4.69, 9.17) is 0 Å². The molecule has 3 nitrogen and oxygen atoms in total. The summed E-state index contributed by atoms with van der Waals surface area (Å²) in [4.78, 5) is 17.1. The summed E-state index contributed by atoms with van der Waals surface area (Å²) in [5.74, 6) is -0.118. The fourth-order valence-corrected chi connectivity index (χ4v) is 4.45. The van der Waals surface area contributed by atoms with Crippen LogP contribution in [0.4, 0.5) is 5.00 Å². The van der Waals surface area contributed by atoms with Crippen LogP contribution in [0.2, 0.25) is 0 Å². The average Bonchev–Trinajstić information content (AvgIpc) is 3.21. The second-order valence-electron chi connectivity index (χ2n) is 5.11. The van der Waals surface area contributed by atoms with Gasteiger partial charge in [-0.3, -0.25) is 4.79 Å². The highest BCUT2D eigenvalue weighted by Crippen LogP contribution is 2.37. The maximum Gasteiger partial charge on any atom is 0.256 e. The molecule has 0 radical (unpaired) electrons. The second-order valence-corrected chi connectivity index (χ2v) is 7.97. The number of thiophene rings is 1. The van der Waals surface area contributed by atoms with Gasteiger partial charge in [-0.2, -0.15) is 0 Å². The van der Waals surface area contributed by atoms with Crippen molar-refractivity contribution in [2.45, 2.75) is 0 Å². The number of hydrogen-bond acceptors (Lipinski definition) is 4. The SMILES string of the molecule is O=C(Nc1sccc1-c1nc2ccccc2s1)c1ccc(Br)cc1. The number of nitrogens with zero attached hydrogens (tertiary/aromatic N) is 1. The molecule has 1 amide bonds. The Balaban J connectivity index is 1.65. The van der Waals surface area contributed by atoms with Crippen molar-refractivity contribution >= 4 is 59.7 Å². The quantitative estimate of drug-likeness (QED) is 0.443. The monoisotopic (exact) mass is 414 g/mol. The van der Waals surface area contributed by atoms with Gasteiger partial charge in [0.2, 0.25) is 0 Å². The number of benzene rings is 2. The Kier molecular flexibility index (Phi) is 4.18. The fraction of sp³-hybridized carbons (Fsp3) is 0. The van der Waals surface area contributed by atoms with Crippen molar-refractivity contribution in [3.05, 3.63) is 70.0 Å². The molecule has 0 aliphatic rings. The van der Waals surface area contributed by atoms with Gasteiger partial charge >= 0.3 is 0 Å². The molecule has 0 saturated carbocycles. The lowest BCUT2D eigenvalue weighted by Crippen LogP contribution is -2.11. The van der Waals surface area contributed by atoms with Crippen LogP contribution in [0.1, 0.15) is 10.4 Å². The number of hydrogen-bond donors (Lipinski definition) is 1. The summed E-state index contributed by atoms with van der Waals surface area (Å²) in [6, 6.07) is 17.4. The molecule has 0 saturated heterocycles. The Labute approximate surface area is 155 Å². The van der Waals surface area contributed by atoms with Gasteiger partial charge in [-0.25, -0.2) is 4.98 Å². The van der Waals surface area contributed by atoms with E-state index in [-0.39, 0.29) is 5.91 Å². The zero-order valence-electron chi connectivity index (χ0n) is 12.3. The molecule has 24 heavy (non-hydrogen) atoms. The molecule has 0 fully saturated rings. The standard InChI is InChI=1S/C18H11BrN2OS2/c19-12-7-5-11(6-8-12)16(22)21-17-13(9-10-23-17)18-20-14-3-1-2-4-15(14)24-18/h1-10H,(H,21,22). The van der Waals surface area contributed by atoms with E-state index >= 15 is 0 Å². The molecule has 0 spiro atoms. The van der Waals surface area contributed by atoms with Crippen LogP contribution in [0, 0.1) is 0 Å². The molecular formula is C18H11BrN2OS2. The normalized spacial score (nSPS) is 10.9. The Hall–Kier alpha value is -2.02. The number of amides is 1. The van der Waals surface area contributed by atoms with Crippen LogP contribution in [0.5, 0.6) is 0 Å². The van der Waals surface area contributed by atoms with Gasteiger partial charge in [0.1, 0.15) is 10.0 Å². The van der Waals surface area contributed by atoms with Crippen LogP contribution in [0.15, 0.2) is 64.5 Å². The molecular weight excluding hydrogens is 404 g/mol. The molecule has 2 aromatic carbocycles. The third-order valence-electron chi connectivity index (χ3n) is 3.52. The highest BCUT2D eigenvalue weighted by Gasteiger charge is 2.15. The first-order valence-corrected chi connectivity index (χ1v) is 9.70. The Morgan fingerprint density at radius 2 is 1.83 bits per heavy atom. The van der Waals surface area contributed by atoms with E-state index in [1.54, 1.807) is 23.5 Å². The molecule has 0 bridgehead atoms. The summed E-state index contributed by atoms with van der Waals surface area (Å²) in [5, 5.41) is 6.71. The van der Waals surface area contributed by atoms with E-state index in [1.807, 2.05) is 41.8 Å². The lowest BCUT2D eigenvalue weighted by Gasteiger charge is -2.05. The topological polar surface area (TPSA) is 42.0 Å². The lowest BCUT2D eigenvalue weighted by molar-refractivity contribution is 0.102. The minimum atomic E-state index is -0.118. The maximum absolute atomic E-state index is 12.4. The van der Waals surface area contributed by atoms with E-state index in [0.29, 0.717) is 5.56 Å². The predicted octanol–water partition coefficient (Wildman–Crippen LogP) is 6.04. The molecule has 0 aliphatic heterocycles. The molecule has 4 aromatic rings. The van der Waals surface area contributed by atoms with Crippen molar-refractivity contribution in [3.8, 4) is 10.6 Å². The van der Waals surface area contributed by atoms with Crippen LogP contribution < -0.4 is 5.32 Å². The molecule has 118 valence electrons. The molecule has 4 rings (SSSR count). The van der Waals surface area contributed by atoms with E-state index in [9.17, 15) is 4.79 Å². The largest absolute Gasteiger partial charge is 0.313 e. The van der Waals surface area contributed by atoms with E-state index in [0.717, 1.165) is 30.3 Å². The van der Waals surface area contributed by atoms with Crippen LogP contribution in [0.3, 0.4) is 0 Å². The zero-order valence-corrected chi connectivity index (χ0v) is 15.5. The number of para-hydroxylation sites is 1. The number of rotatable bonds is 3. The van der Waals surface area contributed by atoms with Gasteiger partial charge in [-0.1, -0.05) is 28.1 Å². The Bertz CT molecular complexity index is 988. The smallest absolute Gasteiger partial charge is 0.256 e. The minimum absolute atomic E-state index is 0.118. The molecule has 6 heteroatoms. The average molecular weight is 415 g/mol. The van der Waals surface area contributed by atoms with Crippen molar-refractivity contribution in [2.24, 2.45) is 0 Å². The zero-order chi connectivity index (χ0) is 16.5. The van der Waals surface area contributed by atoms with Gasteiger partial charge in [-0.05, 0) is 47.8 Å². The van der Waals surface area contributed by atoms with Gasteiger partial charge in [0.05, 0.1) is 10.2 Å². The number of nitrogens with one attached hydrogen (secondary N) is 1. The molecule has 2 aromatic heterocycles. The van der Waals surface area contributed by atoms with Crippen LogP contribution in [-0.2, 0) is 0 Å². The van der Waals surface area contributed by atoms with Crippen molar-refractivity contribution in [2.75, 3.05) is 5.32 Å². The van der Waals surface area contributed by atoms with Crippen molar-refractivity contribution in [3.63, 3.8) is 0 Å². The number of halogens is 1. The number of carbonyl (C=O) groups excluding carboxylic acids is 1. The van der Waals surface area contributed by atoms with Gasteiger partial charge in [0, 0.05) is 15.6 Å². The third-order valence-corrected chi connectivity index (χ3v) is 5.95. The van der Waals surface area contributed by atoms with E-state index < -0.39 is 0 Å². The summed E-state index contributed by atoms with van der Waals surface area (Å²) >= 11 is 6.52. The van der Waals surface area contributed by atoms with E-state index in [2.05, 4.69) is 32.3 Å². The Morgan fingerprint density at radius 3 is 2.62 bits per heavy atom. The molecule has 0 atom stereocenters. The third kappa shape index (κ3) is 3.00. The number of anilines is 1. The van der Waals surface area contributed by atoms with Crippen molar-refractivity contribution in [1.29, 1.82) is 0 Å². The summed E-state index contributed by atoms with van der Waals surface area (Å²) < 4.78 is 2.09. The molecule has 0 unspecified atom stereocenters. The van der Waals surface area contributed by atoms with Crippen LogP contribution in [0.25, 0.3) is 20.8 Å². The predicted molar refractivity (Wildman–Crippen MR) is 105 cm³/mol. The lowest BCUT2D eigenvalue weighted by atomic mass is 10.2.